The Bertz CT molecular complexity index is 1060. The van der Waals surface area contributed by atoms with Crippen LogP contribution in [-0.2, 0) is 6.54 Å². The molecule has 0 aliphatic carbocycles. The van der Waals surface area contributed by atoms with E-state index in [-0.39, 0.29) is 5.56 Å². The Kier molecular flexibility index (Phi) is 3.48. The Balaban J connectivity index is 1.74. The van der Waals surface area contributed by atoms with Gasteiger partial charge in [0.05, 0.1) is 10.9 Å². The summed E-state index contributed by atoms with van der Waals surface area (Å²) in [5.41, 5.74) is 1.55. The van der Waals surface area contributed by atoms with Gasteiger partial charge >= 0.3 is 0 Å². The van der Waals surface area contributed by atoms with Gasteiger partial charge in [-0.25, -0.2) is 4.98 Å². The highest BCUT2D eigenvalue weighted by Crippen LogP contribution is 2.21. The first kappa shape index (κ1) is 14.2. The second-order valence-corrected chi connectivity index (χ2v) is 6.41. The van der Waals surface area contributed by atoms with Crippen molar-refractivity contribution in [3.63, 3.8) is 0 Å². The van der Waals surface area contributed by atoms with E-state index in [1.54, 1.807) is 18.2 Å². The van der Waals surface area contributed by atoms with E-state index >= 15 is 0 Å². The maximum atomic E-state index is 12.5. The van der Waals surface area contributed by atoms with Gasteiger partial charge in [-0.1, -0.05) is 53.3 Å². The molecule has 5 nitrogen and oxygen atoms in total. The predicted molar refractivity (Wildman–Crippen MR) is 93.4 cm³/mol. The smallest absolute Gasteiger partial charge is 0.283 e. The number of nitrogens with one attached hydrogen (secondary N) is 1. The molecule has 1 N–H and O–H groups in total. The second-order valence-electron chi connectivity index (χ2n) is 5.02. The largest absolute Gasteiger partial charge is 0.356 e. The molecule has 4 aromatic rings. The molecule has 0 bridgehead atoms. The first-order valence-electron chi connectivity index (χ1n) is 6.98. The normalized spacial score (nSPS) is 11.2. The van der Waals surface area contributed by atoms with Crippen LogP contribution in [0.25, 0.3) is 15.9 Å². The molecule has 0 saturated heterocycles. The van der Waals surface area contributed by atoms with Crippen molar-refractivity contribution in [1.82, 2.24) is 14.6 Å². The van der Waals surface area contributed by atoms with Crippen LogP contribution in [0.2, 0.25) is 5.02 Å². The van der Waals surface area contributed by atoms with Crippen LogP contribution >= 0.6 is 22.9 Å². The Labute approximate surface area is 140 Å². The van der Waals surface area contributed by atoms with Crippen LogP contribution in [0.3, 0.4) is 0 Å². The van der Waals surface area contributed by atoms with E-state index in [0.29, 0.717) is 32.6 Å². The van der Waals surface area contributed by atoms with Crippen LogP contribution in [0.1, 0.15) is 5.56 Å². The summed E-state index contributed by atoms with van der Waals surface area (Å²) < 4.78 is 1.32. The maximum absolute atomic E-state index is 12.5. The third kappa shape index (κ3) is 2.67. The molecular weight excluding hydrogens is 332 g/mol. The first-order valence-corrected chi connectivity index (χ1v) is 8.17. The fourth-order valence-corrected chi connectivity index (χ4v) is 3.29. The summed E-state index contributed by atoms with van der Waals surface area (Å²) in [4.78, 5) is 17.5. The highest BCUT2D eigenvalue weighted by molar-refractivity contribution is 7.20. The molecule has 0 saturated carbocycles. The fraction of sp³-hybridized carbons (Fsp3) is 0.0625. The van der Waals surface area contributed by atoms with Crippen molar-refractivity contribution in [3.05, 3.63) is 69.5 Å². The van der Waals surface area contributed by atoms with E-state index in [1.807, 2.05) is 30.3 Å². The van der Waals surface area contributed by atoms with Gasteiger partial charge in [-0.3, -0.25) is 4.79 Å². The van der Waals surface area contributed by atoms with Gasteiger partial charge in [-0.05, 0) is 23.8 Å². The molecule has 0 unspecified atom stereocenters. The third-order valence-electron chi connectivity index (χ3n) is 3.44. The molecule has 0 atom stereocenters. The molecular formula is C16H11ClN4OS. The summed E-state index contributed by atoms with van der Waals surface area (Å²) in [5, 5.41) is 9.17. The van der Waals surface area contributed by atoms with Gasteiger partial charge in [0.1, 0.15) is 0 Å². The lowest BCUT2D eigenvalue weighted by atomic mass is 10.2. The molecule has 4 rings (SSSR count). The fourth-order valence-electron chi connectivity index (χ4n) is 2.33. The molecule has 0 aliphatic heterocycles. The molecule has 2 aromatic heterocycles. The summed E-state index contributed by atoms with van der Waals surface area (Å²) in [7, 11) is 0. The van der Waals surface area contributed by atoms with Crippen LogP contribution in [0.5, 0.6) is 0 Å². The Morgan fingerprint density at radius 3 is 2.83 bits per heavy atom. The highest BCUT2D eigenvalue weighted by Gasteiger charge is 2.11. The molecule has 23 heavy (non-hydrogen) atoms. The van der Waals surface area contributed by atoms with Gasteiger partial charge in [0.15, 0.2) is 0 Å². The average Bonchev–Trinajstić information content (AvgIpc) is 2.98. The zero-order chi connectivity index (χ0) is 15.8. The number of anilines is 1. The zero-order valence-electron chi connectivity index (χ0n) is 11.9. The summed E-state index contributed by atoms with van der Waals surface area (Å²) >= 11 is 7.30. The molecule has 2 aromatic carbocycles. The number of aromatic nitrogens is 3. The average molecular weight is 343 g/mol. The SMILES string of the molecule is O=c1c2cc(Cl)ccc2nc2sc(NCc3ccccc3)nn12. The van der Waals surface area contributed by atoms with Gasteiger partial charge < -0.3 is 5.32 Å². The van der Waals surface area contributed by atoms with Crippen LogP contribution in [-0.4, -0.2) is 14.6 Å². The van der Waals surface area contributed by atoms with Gasteiger partial charge in [0, 0.05) is 11.6 Å². The topological polar surface area (TPSA) is 59.3 Å². The number of rotatable bonds is 3. The van der Waals surface area contributed by atoms with E-state index in [2.05, 4.69) is 15.4 Å². The van der Waals surface area contributed by atoms with E-state index in [9.17, 15) is 4.79 Å². The lowest BCUT2D eigenvalue weighted by molar-refractivity contribution is 0.910. The van der Waals surface area contributed by atoms with Crippen LogP contribution in [0.15, 0.2) is 53.3 Å². The molecule has 7 heteroatoms. The van der Waals surface area contributed by atoms with Crippen molar-refractivity contribution in [3.8, 4) is 0 Å². The van der Waals surface area contributed by atoms with Crippen molar-refractivity contribution in [1.29, 1.82) is 0 Å². The highest BCUT2D eigenvalue weighted by atomic mass is 35.5. The molecule has 0 radical (unpaired) electrons. The molecule has 114 valence electrons. The summed E-state index contributed by atoms with van der Waals surface area (Å²) in [6, 6.07) is 15.1. The Morgan fingerprint density at radius 2 is 2.00 bits per heavy atom. The summed E-state index contributed by atoms with van der Waals surface area (Å²) in [5.74, 6) is 0. The third-order valence-corrected chi connectivity index (χ3v) is 4.55. The number of fused-ring (bicyclic) bond motifs is 2. The van der Waals surface area contributed by atoms with Crippen molar-refractivity contribution >= 4 is 43.9 Å². The zero-order valence-corrected chi connectivity index (χ0v) is 13.4. The van der Waals surface area contributed by atoms with E-state index in [0.717, 1.165) is 5.56 Å². The first-order chi connectivity index (χ1) is 11.2. The lowest BCUT2D eigenvalue weighted by Gasteiger charge is -2.00. The van der Waals surface area contributed by atoms with Gasteiger partial charge in [0.2, 0.25) is 10.1 Å². The predicted octanol–water partition coefficient (Wildman–Crippen LogP) is 3.57. The van der Waals surface area contributed by atoms with Gasteiger partial charge in [-0.15, -0.1) is 5.10 Å². The van der Waals surface area contributed by atoms with E-state index < -0.39 is 0 Å². The van der Waals surface area contributed by atoms with Crippen molar-refractivity contribution in [2.24, 2.45) is 0 Å². The Morgan fingerprint density at radius 1 is 1.17 bits per heavy atom. The van der Waals surface area contributed by atoms with Gasteiger partial charge in [-0.2, -0.15) is 4.52 Å². The minimum Gasteiger partial charge on any atom is -0.356 e. The molecule has 0 amide bonds. The van der Waals surface area contributed by atoms with Crippen LogP contribution in [0, 0.1) is 0 Å². The van der Waals surface area contributed by atoms with Gasteiger partial charge in [0.25, 0.3) is 5.56 Å². The number of benzene rings is 2. The number of hydrogen-bond donors (Lipinski definition) is 1. The number of halogens is 1. The van der Waals surface area contributed by atoms with E-state index in [1.165, 1.54) is 15.9 Å². The number of nitrogens with zero attached hydrogens (tertiary/aromatic N) is 3. The van der Waals surface area contributed by atoms with Crippen molar-refractivity contribution in [2.45, 2.75) is 6.54 Å². The summed E-state index contributed by atoms with van der Waals surface area (Å²) in [6.07, 6.45) is 0. The quantitative estimate of drug-likeness (QED) is 0.618. The molecule has 0 spiro atoms. The minimum atomic E-state index is -0.212. The summed E-state index contributed by atoms with van der Waals surface area (Å²) in [6.45, 7) is 0.640. The lowest BCUT2D eigenvalue weighted by Crippen LogP contribution is -2.15. The van der Waals surface area contributed by atoms with Crippen LogP contribution in [0.4, 0.5) is 5.13 Å². The minimum absolute atomic E-state index is 0.212. The Hall–Kier alpha value is -2.44. The van der Waals surface area contributed by atoms with Crippen molar-refractivity contribution in [2.75, 3.05) is 5.32 Å². The standard InChI is InChI=1S/C16H11ClN4OS/c17-11-6-7-13-12(8-11)14(22)21-16(19-13)23-15(20-21)18-9-10-4-2-1-3-5-10/h1-8H,9H2,(H,18,20). The monoisotopic (exact) mass is 342 g/mol. The molecule has 2 heterocycles. The maximum Gasteiger partial charge on any atom is 0.283 e. The van der Waals surface area contributed by atoms with E-state index in [4.69, 9.17) is 11.6 Å². The second kappa shape index (κ2) is 5.64. The molecule has 0 aliphatic rings. The molecule has 0 fully saturated rings. The number of hydrogen-bond acceptors (Lipinski definition) is 5. The van der Waals surface area contributed by atoms with Crippen LogP contribution < -0.4 is 10.9 Å². The van der Waals surface area contributed by atoms with Crippen molar-refractivity contribution < 1.29 is 0 Å².